The van der Waals surface area contributed by atoms with Gasteiger partial charge in [0.05, 0.1) is 51.7 Å². The van der Waals surface area contributed by atoms with E-state index < -0.39 is 0 Å². The van der Waals surface area contributed by atoms with Crippen molar-refractivity contribution in [3.05, 3.63) is 96.1 Å². The van der Waals surface area contributed by atoms with Crippen LogP contribution in [0.4, 0.5) is 11.4 Å². The maximum atomic E-state index is 6.18. The summed E-state index contributed by atoms with van der Waals surface area (Å²) in [7, 11) is 0. The van der Waals surface area contributed by atoms with Crippen LogP contribution in [-0.4, -0.2) is 61.9 Å². The van der Waals surface area contributed by atoms with Gasteiger partial charge in [-0.1, -0.05) is 66.7 Å². The minimum absolute atomic E-state index is 0.158. The van der Waals surface area contributed by atoms with Gasteiger partial charge in [0.1, 0.15) is 12.5 Å². The molecule has 6 nitrogen and oxygen atoms in total. The molecule has 4 aliphatic heterocycles. The highest BCUT2D eigenvalue weighted by atomic mass is 16.5. The topological polar surface area (TPSA) is 31.4 Å². The molecule has 6 heteroatoms. The molecule has 3 aromatic rings. The van der Waals surface area contributed by atoms with Crippen LogP contribution in [0.2, 0.25) is 0 Å². The third-order valence-electron chi connectivity index (χ3n) is 7.78. The van der Waals surface area contributed by atoms with Crippen LogP contribution >= 0.6 is 0 Å². The van der Waals surface area contributed by atoms with Crippen molar-refractivity contribution in [3.63, 3.8) is 0 Å². The third-order valence-corrected chi connectivity index (χ3v) is 7.78. The van der Waals surface area contributed by atoms with E-state index >= 15 is 0 Å². The number of anilines is 2. The van der Waals surface area contributed by atoms with E-state index in [1.807, 2.05) is 0 Å². The molecule has 4 saturated heterocycles. The predicted octanol–water partition coefficient (Wildman–Crippen LogP) is 4.04. The van der Waals surface area contributed by atoms with Crippen molar-refractivity contribution in [2.45, 2.75) is 24.5 Å². The van der Waals surface area contributed by atoms with Gasteiger partial charge in [-0.3, -0.25) is 0 Å². The molecule has 4 atom stereocenters. The van der Waals surface area contributed by atoms with Gasteiger partial charge in [0.15, 0.2) is 0 Å². The van der Waals surface area contributed by atoms with Crippen molar-refractivity contribution < 1.29 is 9.47 Å². The Morgan fingerprint density at radius 2 is 1.03 bits per heavy atom. The van der Waals surface area contributed by atoms with Gasteiger partial charge in [-0.15, -0.1) is 0 Å². The Bertz CT molecular complexity index is 1060. The minimum atomic E-state index is 0.158. The molecular formula is C28H30N4O2. The van der Waals surface area contributed by atoms with Crippen LogP contribution in [0, 0.1) is 0 Å². The largest absolute Gasteiger partial charge is 0.359 e. The van der Waals surface area contributed by atoms with Gasteiger partial charge in [0.2, 0.25) is 0 Å². The number of hydrogen-bond donors (Lipinski definition) is 0. The molecule has 0 amide bonds. The number of rotatable bonds is 4. The van der Waals surface area contributed by atoms with E-state index in [0.717, 1.165) is 39.6 Å². The normalized spacial score (nSPS) is 29.1. The number of nitrogens with zero attached hydrogens (tertiary/aromatic N) is 4. The van der Waals surface area contributed by atoms with E-state index in [9.17, 15) is 0 Å². The Morgan fingerprint density at radius 1 is 0.559 bits per heavy atom. The maximum absolute atomic E-state index is 6.18. The van der Waals surface area contributed by atoms with E-state index in [1.165, 1.54) is 22.5 Å². The molecule has 4 fully saturated rings. The van der Waals surface area contributed by atoms with Crippen molar-refractivity contribution >= 4 is 11.4 Å². The second-order valence-electron chi connectivity index (χ2n) is 9.70. The van der Waals surface area contributed by atoms with Crippen molar-refractivity contribution in [2.24, 2.45) is 0 Å². The molecule has 0 aromatic heterocycles. The number of ether oxygens (including phenoxy) is 2. The molecule has 0 radical (unpaired) electrons. The molecule has 7 rings (SSSR count). The summed E-state index contributed by atoms with van der Waals surface area (Å²) in [6.07, 6.45) is 0.317. The number of benzene rings is 3. The van der Waals surface area contributed by atoms with E-state index in [1.54, 1.807) is 0 Å². The van der Waals surface area contributed by atoms with Gasteiger partial charge >= 0.3 is 0 Å². The van der Waals surface area contributed by atoms with Crippen LogP contribution in [0.1, 0.15) is 23.2 Å². The quantitative estimate of drug-likeness (QED) is 0.592. The van der Waals surface area contributed by atoms with Crippen LogP contribution in [0.15, 0.2) is 84.9 Å². The first-order valence-electron chi connectivity index (χ1n) is 12.3. The fraction of sp³-hybridized carbons (Fsp3) is 0.357. The fourth-order valence-electron chi connectivity index (χ4n) is 5.96. The first-order chi connectivity index (χ1) is 16.8. The van der Waals surface area contributed by atoms with Gasteiger partial charge in [-0.05, 0) is 29.3 Å². The number of hydrogen-bond acceptors (Lipinski definition) is 6. The second kappa shape index (κ2) is 8.40. The highest BCUT2D eigenvalue weighted by Crippen LogP contribution is 2.39. The van der Waals surface area contributed by atoms with Gasteiger partial charge in [-0.25, -0.2) is 9.80 Å². The van der Waals surface area contributed by atoms with E-state index in [4.69, 9.17) is 9.47 Å². The molecule has 3 aromatic carbocycles. The third kappa shape index (κ3) is 3.49. The fourth-order valence-corrected chi connectivity index (χ4v) is 5.96. The summed E-state index contributed by atoms with van der Waals surface area (Å²) < 4.78 is 12.4. The molecule has 0 spiro atoms. The molecule has 0 bridgehead atoms. The molecule has 2 unspecified atom stereocenters. The van der Waals surface area contributed by atoms with E-state index in [2.05, 4.69) is 105 Å². The van der Waals surface area contributed by atoms with Gasteiger partial charge in [0, 0.05) is 11.4 Å². The summed E-state index contributed by atoms with van der Waals surface area (Å²) in [4.78, 5) is 9.88. The minimum Gasteiger partial charge on any atom is -0.359 e. The monoisotopic (exact) mass is 454 g/mol. The Balaban J connectivity index is 1.07. The van der Waals surface area contributed by atoms with Crippen LogP contribution in [0.5, 0.6) is 0 Å². The molecule has 4 aliphatic rings. The average molecular weight is 455 g/mol. The molecule has 0 N–H and O–H groups in total. The van der Waals surface area contributed by atoms with Gasteiger partial charge < -0.3 is 19.3 Å². The summed E-state index contributed by atoms with van der Waals surface area (Å²) in [5.41, 5.74) is 5.20. The molecular weight excluding hydrogens is 424 g/mol. The first-order valence-corrected chi connectivity index (χ1v) is 12.3. The Labute approximate surface area is 200 Å². The summed E-state index contributed by atoms with van der Waals surface area (Å²) >= 11 is 0. The van der Waals surface area contributed by atoms with E-state index in [0.29, 0.717) is 12.1 Å². The smallest absolute Gasteiger partial charge is 0.130 e. The Kier molecular flexibility index (Phi) is 5.05. The summed E-state index contributed by atoms with van der Waals surface area (Å²) in [6, 6.07) is 31.1. The summed E-state index contributed by atoms with van der Waals surface area (Å²) in [5.74, 6) is 0. The molecule has 0 aliphatic carbocycles. The van der Waals surface area contributed by atoms with Crippen LogP contribution < -0.4 is 9.80 Å². The molecule has 4 heterocycles. The van der Waals surface area contributed by atoms with Gasteiger partial charge in [-0.2, -0.15) is 0 Å². The average Bonchev–Trinajstić information content (AvgIpc) is 3.65. The highest BCUT2D eigenvalue weighted by molar-refractivity contribution is 5.60. The zero-order chi connectivity index (χ0) is 22.5. The zero-order valence-corrected chi connectivity index (χ0v) is 19.2. The lowest BCUT2D eigenvalue weighted by Gasteiger charge is -2.26. The molecule has 34 heavy (non-hydrogen) atoms. The van der Waals surface area contributed by atoms with Crippen molar-refractivity contribution in [1.82, 2.24) is 9.80 Å². The SMILES string of the molecule is c1ccc([C@H]2COC3CN(c4cccc(N5CC6OC[C@H](c7ccccc7)N6C5)c4)CN32)cc1. The lowest BCUT2D eigenvalue weighted by molar-refractivity contribution is 0.0687. The first kappa shape index (κ1) is 20.5. The van der Waals surface area contributed by atoms with E-state index in [-0.39, 0.29) is 12.5 Å². The second-order valence-corrected chi connectivity index (χ2v) is 9.70. The Morgan fingerprint density at radius 3 is 1.50 bits per heavy atom. The van der Waals surface area contributed by atoms with Crippen LogP contribution in [-0.2, 0) is 9.47 Å². The number of fused-ring (bicyclic) bond motifs is 2. The highest BCUT2D eigenvalue weighted by Gasteiger charge is 2.43. The van der Waals surface area contributed by atoms with Crippen LogP contribution in [0.25, 0.3) is 0 Å². The summed E-state index contributed by atoms with van der Waals surface area (Å²) in [6.45, 7) is 5.14. The Hall–Kier alpha value is -2.90. The van der Waals surface area contributed by atoms with Crippen molar-refractivity contribution in [3.8, 4) is 0 Å². The van der Waals surface area contributed by atoms with Gasteiger partial charge in [0.25, 0.3) is 0 Å². The van der Waals surface area contributed by atoms with Crippen LogP contribution in [0.3, 0.4) is 0 Å². The molecule has 0 saturated carbocycles. The molecule has 174 valence electrons. The summed E-state index contributed by atoms with van der Waals surface area (Å²) in [5, 5.41) is 0. The lowest BCUT2D eigenvalue weighted by atomic mass is 10.1. The predicted molar refractivity (Wildman–Crippen MR) is 132 cm³/mol. The maximum Gasteiger partial charge on any atom is 0.130 e. The lowest BCUT2D eigenvalue weighted by Crippen LogP contribution is -2.29. The zero-order valence-electron chi connectivity index (χ0n) is 19.2. The van der Waals surface area contributed by atoms with Crippen molar-refractivity contribution in [2.75, 3.05) is 49.4 Å². The standard InChI is InChI=1S/C28H30N4O2/c1-3-8-21(9-4-1)25-17-33-27-15-29(19-31(25)27)23-12-7-13-24(14-23)30-16-28-32(20-30)26(18-34-28)22-10-5-2-6-11-22/h1-14,25-28H,15-20H2/t25-,26-,27?,28?/m1/s1. The van der Waals surface area contributed by atoms with Crippen molar-refractivity contribution in [1.29, 1.82) is 0 Å².